The Bertz CT molecular complexity index is 535. The van der Waals surface area contributed by atoms with Gasteiger partial charge in [-0.15, -0.1) is 0 Å². The Morgan fingerprint density at radius 1 is 1.55 bits per heavy atom. The molecule has 0 aliphatic carbocycles. The summed E-state index contributed by atoms with van der Waals surface area (Å²) in [6, 6.07) is 1.72. The molecule has 1 aliphatic heterocycles. The van der Waals surface area contributed by atoms with Crippen molar-refractivity contribution in [3.8, 4) is 5.75 Å². The van der Waals surface area contributed by atoms with Crippen molar-refractivity contribution >= 4 is 5.97 Å². The highest BCUT2D eigenvalue weighted by Gasteiger charge is 2.37. The molecule has 6 heteroatoms. The first-order valence-electron chi connectivity index (χ1n) is 7.49. The number of hydrogen-bond acceptors (Lipinski definition) is 6. The fourth-order valence-electron chi connectivity index (χ4n) is 2.18. The minimum absolute atomic E-state index is 0.0484. The summed E-state index contributed by atoms with van der Waals surface area (Å²) in [6.07, 6.45) is 1.69. The second kappa shape index (κ2) is 6.62. The lowest BCUT2D eigenvalue weighted by Gasteiger charge is -2.35. The van der Waals surface area contributed by atoms with Crippen molar-refractivity contribution in [3.05, 3.63) is 23.5 Å². The summed E-state index contributed by atoms with van der Waals surface area (Å²) in [6.45, 7) is 8.09. The van der Waals surface area contributed by atoms with Crippen molar-refractivity contribution in [1.82, 2.24) is 10.3 Å². The van der Waals surface area contributed by atoms with Gasteiger partial charge in [-0.25, -0.2) is 4.79 Å². The number of carbonyl (C=O) groups excluding carboxylic acids is 1. The topological polar surface area (TPSA) is 80.7 Å². The number of aliphatic hydroxyl groups is 1. The van der Waals surface area contributed by atoms with E-state index in [9.17, 15) is 4.79 Å². The summed E-state index contributed by atoms with van der Waals surface area (Å²) in [5.41, 5.74) is 0.865. The number of pyridine rings is 1. The van der Waals surface area contributed by atoms with Crippen molar-refractivity contribution in [1.29, 1.82) is 0 Å². The molecule has 1 aliphatic rings. The van der Waals surface area contributed by atoms with Crippen LogP contribution in [0.25, 0.3) is 0 Å². The van der Waals surface area contributed by atoms with Gasteiger partial charge in [0.2, 0.25) is 6.10 Å². The van der Waals surface area contributed by atoms with Gasteiger partial charge in [-0.3, -0.25) is 4.98 Å². The molecule has 2 N–H and O–H groups in total. The van der Waals surface area contributed by atoms with Gasteiger partial charge in [0, 0.05) is 0 Å². The second-order valence-corrected chi connectivity index (χ2v) is 6.51. The molecule has 1 aromatic heterocycles. The predicted molar refractivity (Wildman–Crippen MR) is 81.6 cm³/mol. The third-order valence-electron chi connectivity index (χ3n) is 3.44. The molecule has 1 fully saturated rings. The lowest BCUT2D eigenvalue weighted by atomic mass is 10.0. The molecule has 6 nitrogen and oxygen atoms in total. The van der Waals surface area contributed by atoms with Gasteiger partial charge in [0.25, 0.3) is 0 Å². The number of rotatable bonds is 5. The first-order valence-corrected chi connectivity index (χ1v) is 7.49. The Balaban J connectivity index is 2.13. The molecule has 0 radical (unpaired) electrons. The van der Waals surface area contributed by atoms with Crippen LogP contribution in [0.2, 0.25) is 0 Å². The molecule has 2 heterocycles. The quantitative estimate of drug-likeness (QED) is 0.799. The third kappa shape index (κ3) is 4.18. The molecular formula is C16H24N2O4. The monoisotopic (exact) mass is 308 g/mol. The van der Waals surface area contributed by atoms with Crippen molar-refractivity contribution in [2.24, 2.45) is 0 Å². The SMILES string of the molecule is Cc1cc(OC(C(=O)OC(C)(C)C)[C@@H]2CCN2)cnc1CO. The van der Waals surface area contributed by atoms with Gasteiger partial charge in [-0.2, -0.15) is 0 Å². The van der Waals surface area contributed by atoms with Gasteiger partial charge < -0.3 is 19.9 Å². The van der Waals surface area contributed by atoms with Crippen LogP contribution >= 0.6 is 0 Å². The van der Waals surface area contributed by atoms with Crippen molar-refractivity contribution in [3.63, 3.8) is 0 Å². The number of carbonyl (C=O) groups is 1. The van der Waals surface area contributed by atoms with Gasteiger partial charge in [0.15, 0.2) is 0 Å². The first kappa shape index (κ1) is 16.7. The summed E-state index contributed by atoms with van der Waals surface area (Å²) in [7, 11) is 0. The molecule has 1 saturated heterocycles. The molecule has 0 saturated carbocycles. The number of aromatic nitrogens is 1. The van der Waals surface area contributed by atoms with Crippen LogP contribution in [-0.4, -0.2) is 40.4 Å². The van der Waals surface area contributed by atoms with Gasteiger partial charge in [-0.05, 0) is 52.3 Å². The zero-order valence-corrected chi connectivity index (χ0v) is 13.5. The minimum Gasteiger partial charge on any atom is -0.475 e. The van der Waals surface area contributed by atoms with Crippen molar-refractivity contribution < 1.29 is 19.4 Å². The molecule has 0 spiro atoms. The van der Waals surface area contributed by atoms with E-state index in [1.807, 2.05) is 27.7 Å². The molecular weight excluding hydrogens is 284 g/mol. The van der Waals surface area contributed by atoms with Crippen LogP contribution in [0.4, 0.5) is 0 Å². The van der Waals surface area contributed by atoms with E-state index in [-0.39, 0.29) is 18.6 Å². The number of esters is 1. The van der Waals surface area contributed by atoms with E-state index in [4.69, 9.17) is 14.6 Å². The lowest BCUT2D eigenvalue weighted by Crippen LogP contribution is -2.57. The molecule has 1 unspecified atom stereocenters. The van der Waals surface area contributed by atoms with Crippen LogP contribution in [0.5, 0.6) is 5.75 Å². The summed E-state index contributed by atoms with van der Waals surface area (Å²) in [4.78, 5) is 16.5. The number of ether oxygens (including phenoxy) is 2. The zero-order chi connectivity index (χ0) is 16.3. The van der Waals surface area contributed by atoms with Crippen LogP contribution in [0.3, 0.4) is 0 Å². The summed E-state index contributed by atoms with van der Waals surface area (Å²) in [5, 5.41) is 12.3. The average molecular weight is 308 g/mol. The van der Waals surface area contributed by atoms with E-state index in [1.165, 1.54) is 6.20 Å². The average Bonchev–Trinajstić information content (AvgIpc) is 2.34. The molecule has 2 atom stereocenters. The van der Waals surface area contributed by atoms with Crippen LogP contribution in [-0.2, 0) is 16.1 Å². The Hall–Kier alpha value is -1.66. The van der Waals surface area contributed by atoms with Crippen LogP contribution < -0.4 is 10.1 Å². The van der Waals surface area contributed by atoms with E-state index >= 15 is 0 Å². The standard InChI is InChI=1S/C16H24N2O4/c1-10-7-11(8-18-13(10)9-19)21-14(12-5-6-17-12)15(20)22-16(2,3)4/h7-8,12,14,17,19H,5-6,9H2,1-4H3/t12-,14?/m0/s1. The lowest BCUT2D eigenvalue weighted by molar-refractivity contribution is -0.165. The number of hydrogen-bond donors (Lipinski definition) is 2. The second-order valence-electron chi connectivity index (χ2n) is 6.51. The fourth-order valence-corrected chi connectivity index (χ4v) is 2.18. The summed E-state index contributed by atoms with van der Waals surface area (Å²) in [5.74, 6) is 0.118. The fraction of sp³-hybridized carbons (Fsp3) is 0.625. The summed E-state index contributed by atoms with van der Waals surface area (Å²) < 4.78 is 11.3. The molecule has 2 rings (SSSR count). The van der Waals surface area contributed by atoms with E-state index < -0.39 is 11.7 Å². The van der Waals surface area contributed by atoms with Crippen LogP contribution in [0.1, 0.15) is 38.4 Å². The van der Waals surface area contributed by atoms with E-state index in [0.29, 0.717) is 11.4 Å². The molecule has 122 valence electrons. The number of nitrogens with one attached hydrogen (secondary N) is 1. The van der Waals surface area contributed by atoms with Gasteiger partial charge in [0.1, 0.15) is 11.4 Å². The van der Waals surface area contributed by atoms with Gasteiger partial charge >= 0.3 is 5.97 Å². The smallest absolute Gasteiger partial charge is 0.349 e. The maximum absolute atomic E-state index is 12.4. The Kier molecular flexibility index (Phi) is 5.03. The highest BCUT2D eigenvalue weighted by molar-refractivity contribution is 5.76. The highest BCUT2D eigenvalue weighted by atomic mass is 16.6. The normalized spacial score (nSPS) is 19.2. The van der Waals surface area contributed by atoms with Gasteiger partial charge in [0.05, 0.1) is 24.5 Å². The molecule has 22 heavy (non-hydrogen) atoms. The number of aryl methyl sites for hydroxylation is 1. The van der Waals surface area contributed by atoms with Crippen molar-refractivity contribution in [2.75, 3.05) is 6.54 Å². The predicted octanol–water partition coefficient (Wildman–Crippen LogP) is 1.33. The van der Waals surface area contributed by atoms with Crippen LogP contribution in [0.15, 0.2) is 12.3 Å². The van der Waals surface area contributed by atoms with E-state index in [0.717, 1.165) is 18.5 Å². The Morgan fingerprint density at radius 3 is 2.68 bits per heavy atom. The Morgan fingerprint density at radius 2 is 2.23 bits per heavy atom. The number of aliphatic hydroxyl groups excluding tert-OH is 1. The maximum atomic E-state index is 12.4. The molecule has 0 amide bonds. The maximum Gasteiger partial charge on any atom is 0.349 e. The van der Waals surface area contributed by atoms with Crippen LogP contribution in [0, 0.1) is 6.92 Å². The van der Waals surface area contributed by atoms with Crippen molar-refractivity contribution in [2.45, 2.75) is 58.5 Å². The molecule has 1 aromatic rings. The van der Waals surface area contributed by atoms with E-state index in [2.05, 4.69) is 10.3 Å². The first-order chi connectivity index (χ1) is 10.3. The zero-order valence-electron chi connectivity index (χ0n) is 13.5. The minimum atomic E-state index is -0.700. The Labute approximate surface area is 130 Å². The highest BCUT2D eigenvalue weighted by Crippen LogP contribution is 2.21. The molecule has 0 aromatic carbocycles. The van der Waals surface area contributed by atoms with Gasteiger partial charge in [-0.1, -0.05) is 0 Å². The largest absolute Gasteiger partial charge is 0.475 e. The third-order valence-corrected chi connectivity index (χ3v) is 3.44. The molecule has 0 bridgehead atoms. The summed E-state index contributed by atoms with van der Waals surface area (Å²) >= 11 is 0. The number of nitrogens with zero attached hydrogens (tertiary/aromatic N) is 1. The van der Waals surface area contributed by atoms with E-state index in [1.54, 1.807) is 6.07 Å².